The van der Waals surface area contributed by atoms with Crippen molar-refractivity contribution in [3.8, 4) is 0 Å². The van der Waals surface area contributed by atoms with E-state index in [1.165, 1.54) is 0 Å². The van der Waals surface area contributed by atoms with Gasteiger partial charge in [0.2, 0.25) is 12.6 Å². The second kappa shape index (κ2) is 17.1. The van der Waals surface area contributed by atoms with Crippen LogP contribution in [0.15, 0.2) is 111 Å². The molecule has 0 N–H and O–H groups in total. The average Bonchev–Trinajstić information content (AvgIpc) is 3.84. The maximum atomic E-state index is 10.7. The van der Waals surface area contributed by atoms with Crippen molar-refractivity contribution in [3.63, 3.8) is 0 Å². The predicted octanol–water partition coefficient (Wildman–Crippen LogP) is 1.76. The summed E-state index contributed by atoms with van der Waals surface area (Å²) in [5, 5.41) is 25.3. The van der Waals surface area contributed by atoms with Gasteiger partial charge in [0.25, 0.3) is 0 Å². The van der Waals surface area contributed by atoms with Gasteiger partial charge in [0, 0.05) is 74.4 Å². The van der Waals surface area contributed by atoms with Crippen molar-refractivity contribution in [2.24, 2.45) is 0 Å². The summed E-state index contributed by atoms with van der Waals surface area (Å²) in [6.07, 6.45) is 21.3. The third kappa shape index (κ3) is 11.7. The molecule has 0 aliphatic rings. The van der Waals surface area contributed by atoms with Gasteiger partial charge in [-0.15, -0.1) is 0 Å². The molecule has 0 amide bonds. The van der Waals surface area contributed by atoms with Gasteiger partial charge in [0.05, 0.1) is 0 Å². The summed E-state index contributed by atoms with van der Waals surface area (Å²) < 4.78 is 129. The van der Waals surface area contributed by atoms with Gasteiger partial charge in [0.1, 0.15) is 0 Å². The van der Waals surface area contributed by atoms with E-state index in [-0.39, 0.29) is 32.1 Å². The van der Waals surface area contributed by atoms with Gasteiger partial charge < -0.3 is 9.11 Å². The third-order valence-corrected chi connectivity index (χ3v) is 6.27. The maximum Gasteiger partial charge on any atom is 2.00 e. The van der Waals surface area contributed by atoms with Crippen molar-refractivity contribution in [1.82, 2.24) is 58.7 Å². The molecule has 0 unspecified atom stereocenters. The Morgan fingerprint density at radius 1 is 0.429 bits per heavy atom. The Morgan fingerprint density at radius 3 is 0.653 bits per heavy atom. The van der Waals surface area contributed by atoms with Crippen LogP contribution in [0.5, 0.6) is 0 Å². The summed E-state index contributed by atoms with van der Waals surface area (Å²) in [7, 11) is -12.2. The zero-order valence-corrected chi connectivity index (χ0v) is 28.8. The fourth-order valence-corrected chi connectivity index (χ4v) is 3.23. The van der Waals surface area contributed by atoms with Crippen LogP contribution in [-0.4, -0.2) is 95.6 Å². The SMILES string of the molecule is O=S(=O)([O-])C(F)(F)F.O=S(=O)([O-])C(F)(F)F.[Zn+2].c1cnn(C(n2cccn2)n2cccn2)c1.c1cnn(C(n2cccn2)n2cccn2)c1. The average molecular weight is 792 g/mol. The Hall–Kier alpha value is -4.72. The van der Waals surface area contributed by atoms with Crippen LogP contribution in [0.3, 0.4) is 0 Å². The van der Waals surface area contributed by atoms with Gasteiger partial charge in [-0.05, 0) is 36.4 Å². The van der Waals surface area contributed by atoms with Crippen molar-refractivity contribution in [2.75, 3.05) is 0 Å². The van der Waals surface area contributed by atoms with Crippen LogP contribution in [0, 0.1) is 0 Å². The molecule has 0 saturated carbocycles. The summed E-state index contributed by atoms with van der Waals surface area (Å²) in [5.41, 5.74) is -11.3. The van der Waals surface area contributed by atoms with Crippen molar-refractivity contribution in [3.05, 3.63) is 111 Å². The molecule has 6 aromatic rings. The van der Waals surface area contributed by atoms with E-state index < -0.39 is 31.3 Å². The first-order valence-electron chi connectivity index (χ1n) is 12.4. The quantitative estimate of drug-likeness (QED) is 0.102. The molecule has 6 aromatic heterocycles. The normalized spacial score (nSPS) is 11.8. The maximum absolute atomic E-state index is 10.7. The van der Waals surface area contributed by atoms with Crippen LogP contribution in [0.25, 0.3) is 0 Å². The molecule has 6 rings (SSSR count). The number of nitrogens with zero attached hydrogens (tertiary/aromatic N) is 12. The molecule has 0 radical (unpaired) electrons. The first-order chi connectivity index (χ1) is 22.4. The van der Waals surface area contributed by atoms with Crippen LogP contribution in [0.2, 0.25) is 0 Å². The van der Waals surface area contributed by atoms with Crippen molar-refractivity contribution in [1.29, 1.82) is 0 Å². The van der Waals surface area contributed by atoms with Gasteiger partial charge in [-0.1, -0.05) is 0 Å². The summed E-state index contributed by atoms with van der Waals surface area (Å²) in [4.78, 5) is 0. The molecule has 49 heavy (non-hydrogen) atoms. The predicted molar refractivity (Wildman–Crippen MR) is 145 cm³/mol. The topological polar surface area (TPSA) is 221 Å². The van der Waals surface area contributed by atoms with Crippen LogP contribution in [0.1, 0.15) is 12.6 Å². The first-order valence-corrected chi connectivity index (χ1v) is 15.2. The molecule has 0 fully saturated rings. The van der Waals surface area contributed by atoms with E-state index in [1.807, 2.05) is 73.6 Å². The molecule has 0 aromatic carbocycles. The van der Waals surface area contributed by atoms with Gasteiger partial charge in [-0.3, -0.25) is 0 Å². The van der Waals surface area contributed by atoms with E-state index in [0.717, 1.165) is 0 Å². The van der Waals surface area contributed by atoms with Gasteiger partial charge in [0.15, 0.2) is 20.2 Å². The van der Waals surface area contributed by atoms with Crippen LogP contribution in [0.4, 0.5) is 26.3 Å². The number of rotatable bonds is 6. The minimum absolute atomic E-state index is 0. The van der Waals surface area contributed by atoms with E-state index in [4.69, 9.17) is 25.9 Å². The largest absolute Gasteiger partial charge is 2.00 e. The fourth-order valence-electron chi connectivity index (χ4n) is 3.23. The number of halogens is 6. The first kappa shape index (κ1) is 40.5. The van der Waals surface area contributed by atoms with Crippen molar-refractivity contribution < 1.29 is 71.8 Å². The Morgan fingerprint density at radius 2 is 0.571 bits per heavy atom. The molecule has 0 aliphatic carbocycles. The molecule has 18 nitrogen and oxygen atoms in total. The van der Waals surface area contributed by atoms with E-state index in [2.05, 4.69) is 30.6 Å². The summed E-state index contributed by atoms with van der Waals surface area (Å²) in [5.74, 6) is 0. The zero-order chi connectivity index (χ0) is 35.6. The number of hydrogen-bond acceptors (Lipinski definition) is 12. The number of alkyl halides is 6. The third-order valence-electron chi connectivity index (χ3n) is 5.14. The van der Waals surface area contributed by atoms with E-state index in [0.29, 0.717) is 0 Å². The van der Waals surface area contributed by atoms with Gasteiger partial charge >= 0.3 is 30.5 Å². The summed E-state index contributed by atoms with van der Waals surface area (Å²) in [6.45, 7) is 0. The Balaban J connectivity index is 0.000000239. The molecule has 0 atom stereocenters. The standard InChI is InChI=1S/2C10H10N6.2CHF3O3S.Zn/c2*1-4-11-14(7-1)10(15-8-2-5-12-15)16-9-3-6-13-16;2*2-1(3,4)8(5,6)7;/h2*1-10H;2*(H,5,6,7);/q;;;;+2/p-2. The van der Waals surface area contributed by atoms with Gasteiger partial charge in [-0.25, -0.2) is 44.9 Å². The molecule has 0 saturated heterocycles. The van der Waals surface area contributed by atoms with Crippen LogP contribution >= 0.6 is 0 Å². The van der Waals surface area contributed by atoms with E-state index >= 15 is 0 Å². The second-order valence-electron chi connectivity index (χ2n) is 8.41. The minimum Gasteiger partial charge on any atom is -0.741 e. The van der Waals surface area contributed by atoms with Gasteiger partial charge in [-0.2, -0.15) is 56.9 Å². The van der Waals surface area contributed by atoms with Crippen molar-refractivity contribution in [2.45, 2.75) is 23.6 Å². The monoisotopic (exact) mass is 790 g/mol. The molecule has 27 heteroatoms. The van der Waals surface area contributed by atoms with Crippen LogP contribution < -0.4 is 0 Å². The molecule has 260 valence electrons. The Labute approximate surface area is 284 Å². The fraction of sp³-hybridized carbons (Fsp3) is 0.182. The number of aromatic nitrogens is 12. The molecule has 6 heterocycles. The molecule has 0 bridgehead atoms. The molecular formula is C22H20F6N12O6S2Zn. The Kier molecular flexibility index (Phi) is 14.1. The van der Waals surface area contributed by atoms with Crippen LogP contribution in [-0.2, 0) is 39.7 Å². The molecular weight excluding hydrogens is 772 g/mol. The number of hydrogen-bond donors (Lipinski definition) is 0. The molecule has 0 aliphatic heterocycles. The zero-order valence-electron chi connectivity index (χ0n) is 24.2. The summed E-state index contributed by atoms with van der Waals surface area (Å²) in [6, 6.07) is 11.2. The van der Waals surface area contributed by atoms with E-state index in [1.54, 1.807) is 65.3 Å². The second-order valence-corrected chi connectivity index (χ2v) is 11.2. The Bertz CT molecular complexity index is 1650. The summed E-state index contributed by atoms with van der Waals surface area (Å²) >= 11 is 0. The molecule has 0 spiro atoms. The smallest absolute Gasteiger partial charge is 0.741 e. The van der Waals surface area contributed by atoms with E-state index in [9.17, 15) is 26.3 Å². The van der Waals surface area contributed by atoms with Crippen molar-refractivity contribution >= 4 is 20.2 Å². The minimum atomic E-state index is -6.09.